The highest BCUT2D eigenvalue weighted by molar-refractivity contribution is 5.79. The summed E-state index contributed by atoms with van der Waals surface area (Å²) in [7, 11) is 0. The van der Waals surface area contributed by atoms with Gasteiger partial charge in [-0.2, -0.15) is 0 Å². The van der Waals surface area contributed by atoms with Crippen LogP contribution in [0.4, 0.5) is 0 Å². The third-order valence-corrected chi connectivity index (χ3v) is 2.81. The van der Waals surface area contributed by atoms with Crippen LogP contribution in [-0.4, -0.2) is 29.8 Å². The molecule has 0 radical (unpaired) electrons. The first kappa shape index (κ1) is 15.5. The van der Waals surface area contributed by atoms with E-state index in [2.05, 4.69) is 5.32 Å². The molecule has 0 heterocycles. The lowest BCUT2D eigenvalue weighted by Gasteiger charge is -2.25. The quantitative estimate of drug-likeness (QED) is 0.791. The number of nitrogens with one attached hydrogen (secondary N) is 1. The van der Waals surface area contributed by atoms with Gasteiger partial charge in [0.1, 0.15) is 5.75 Å². The van der Waals surface area contributed by atoms with Crippen molar-refractivity contribution in [3.05, 3.63) is 29.8 Å². The molecule has 1 aromatic rings. The predicted molar refractivity (Wildman–Crippen MR) is 75.2 cm³/mol. The number of aliphatic hydroxyl groups is 1. The molecular formula is C15H23NO3. The second-order valence-electron chi connectivity index (χ2n) is 5.16. The smallest absolute Gasteiger partial charge is 0.224 e. The molecule has 1 rings (SSSR count). The molecule has 0 aliphatic rings. The molecule has 2 N–H and O–H groups in total. The average Bonchev–Trinajstić information content (AvgIpc) is 2.31. The minimum Gasteiger partial charge on any atom is -0.494 e. The Morgan fingerprint density at radius 2 is 1.95 bits per heavy atom. The van der Waals surface area contributed by atoms with Crippen molar-refractivity contribution < 1.29 is 14.6 Å². The lowest BCUT2D eigenvalue weighted by atomic mass is 10.0. The highest BCUT2D eigenvalue weighted by Crippen LogP contribution is 2.13. The van der Waals surface area contributed by atoms with Gasteiger partial charge >= 0.3 is 0 Å². The van der Waals surface area contributed by atoms with Gasteiger partial charge in [-0.05, 0) is 44.9 Å². The van der Waals surface area contributed by atoms with E-state index in [4.69, 9.17) is 9.84 Å². The monoisotopic (exact) mass is 265 g/mol. The number of carbonyl (C=O) groups excluding carboxylic acids is 1. The summed E-state index contributed by atoms with van der Waals surface area (Å²) in [5.74, 6) is 0.773. The SMILES string of the molecule is CCOc1ccc(CC(=O)NC(C)(C)CCO)cc1. The molecule has 0 aromatic heterocycles. The van der Waals surface area contributed by atoms with Crippen molar-refractivity contribution in [1.29, 1.82) is 0 Å². The van der Waals surface area contributed by atoms with Crippen LogP contribution in [0.15, 0.2) is 24.3 Å². The van der Waals surface area contributed by atoms with Gasteiger partial charge in [-0.25, -0.2) is 0 Å². The van der Waals surface area contributed by atoms with Gasteiger partial charge in [0.2, 0.25) is 5.91 Å². The van der Waals surface area contributed by atoms with E-state index in [1.165, 1.54) is 0 Å². The fourth-order valence-electron chi connectivity index (χ4n) is 1.82. The summed E-state index contributed by atoms with van der Waals surface area (Å²) in [5.41, 5.74) is 0.567. The van der Waals surface area contributed by atoms with E-state index in [1.54, 1.807) is 0 Å². The lowest BCUT2D eigenvalue weighted by Crippen LogP contribution is -2.44. The molecule has 4 heteroatoms. The summed E-state index contributed by atoms with van der Waals surface area (Å²) in [6, 6.07) is 7.52. The van der Waals surface area contributed by atoms with Crippen LogP contribution in [0.1, 0.15) is 32.8 Å². The zero-order chi connectivity index (χ0) is 14.3. The van der Waals surface area contributed by atoms with Crippen molar-refractivity contribution in [2.75, 3.05) is 13.2 Å². The Labute approximate surface area is 114 Å². The molecular weight excluding hydrogens is 242 g/mol. The molecule has 0 saturated heterocycles. The number of hydrogen-bond donors (Lipinski definition) is 2. The van der Waals surface area contributed by atoms with Crippen molar-refractivity contribution in [1.82, 2.24) is 5.32 Å². The van der Waals surface area contributed by atoms with Gasteiger partial charge < -0.3 is 15.2 Å². The number of hydrogen-bond acceptors (Lipinski definition) is 3. The summed E-state index contributed by atoms with van der Waals surface area (Å²) in [6.07, 6.45) is 0.878. The van der Waals surface area contributed by atoms with Gasteiger partial charge in [-0.3, -0.25) is 4.79 Å². The van der Waals surface area contributed by atoms with E-state index >= 15 is 0 Å². The van der Waals surface area contributed by atoms with E-state index in [9.17, 15) is 4.79 Å². The Morgan fingerprint density at radius 1 is 1.32 bits per heavy atom. The van der Waals surface area contributed by atoms with Crippen molar-refractivity contribution >= 4 is 5.91 Å². The highest BCUT2D eigenvalue weighted by Gasteiger charge is 2.19. The molecule has 19 heavy (non-hydrogen) atoms. The standard InChI is InChI=1S/C15H23NO3/c1-4-19-13-7-5-12(6-8-13)11-14(18)16-15(2,3)9-10-17/h5-8,17H,4,9-11H2,1-3H3,(H,16,18). The summed E-state index contributed by atoms with van der Waals surface area (Å²) in [5, 5.41) is 11.8. The third-order valence-electron chi connectivity index (χ3n) is 2.81. The van der Waals surface area contributed by atoms with E-state index in [1.807, 2.05) is 45.0 Å². The average molecular weight is 265 g/mol. The van der Waals surface area contributed by atoms with Crippen LogP contribution in [0.25, 0.3) is 0 Å². The van der Waals surface area contributed by atoms with Crippen LogP contribution in [0.2, 0.25) is 0 Å². The van der Waals surface area contributed by atoms with E-state index in [0.29, 0.717) is 19.4 Å². The fraction of sp³-hybridized carbons (Fsp3) is 0.533. The minimum atomic E-state index is -0.378. The van der Waals surface area contributed by atoms with E-state index in [0.717, 1.165) is 11.3 Å². The lowest BCUT2D eigenvalue weighted by molar-refractivity contribution is -0.122. The number of amides is 1. The molecule has 0 saturated carbocycles. The molecule has 0 aliphatic carbocycles. The van der Waals surface area contributed by atoms with Crippen LogP contribution < -0.4 is 10.1 Å². The van der Waals surface area contributed by atoms with Gasteiger partial charge in [0.15, 0.2) is 0 Å². The van der Waals surface area contributed by atoms with Crippen molar-refractivity contribution in [3.63, 3.8) is 0 Å². The van der Waals surface area contributed by atoms with Crippen LogP contribution in [-0.2, 0) is 11.2 Å². The Kier molecular flexibility index (Phi) is 5.83. The van der Waals surface area contributed by atoms with E-state index in [-0.39, 0.29) is 18.1 Å². The van der Waals surface area contributed by atoms with Gasteiger partial charge in [-0.15, -0.1) is 0 Å². The normalized spacial score (nSPS) is 11.2. The molecule has 1 amide bonds. The number of carbonyl (C=O) groups is 1. The van der Waals surface area contributed by atoms with Gasteiger partial charge in [0, 0.05) is 12.1 Å². The second kappa shape index (κ2) is 7.14. The van der Waals surface area contributed by atoms with Gasteiger partial charge in [-0.1, -0.05) is 12.1 Å². The number of benzene rings is 1. The molecule has 0 atom stereocenters. The van der Waals surface area contributed by atoms with Gasteiger partial charge in [0.05, 0.1) is 13.0 Å². The van der Waals surface area contributed by atoms with Crippen LogP contribution in [0.3, 0.4) is 0 Å². The molecule has 106 valence electrons. The number of ether oxygens (including phenoxy) is 1. The first-order chi connectivity index (χ1) is 8.96. The summed E-state index contributed by atoms with van der Waals surface area (Å²) in [6.45, 7) is 6.44. The topological polar surface area (TPSA) is 58.6 Å². The van der Waals surface area contributed by atoms with Crippen LogP contribution in [0.5, 0.6) is 5.75 Å². The summed E-state index contributed by atoms with van der Waals surface area (Å²) >= 11 is 0. The van der Waals surface area contributed by atoms with Crippen molar-refractivity contribution in [2.45, 2.75) is 39.2 Å². The maximum Gasteiger partial charge on any atom is 0.224 e. The Hall–Kier alpha value is -1.55. The Morgan fingerprint density at radius 3 is 2.47 bits per heavy atom. The van der Waals surface area contributed by atoms with Gasteiger partial charge in [0.25, 0.3) is 0 Å². The molecule has 0 unspecified atom stereocenters. The Balaban J connectivity index is 2.52. The molecule has 4 nitrogen and oxygen atoms in total. The number of aliphatic hydroxyl groups excluding tert-OH is 1. The van der Waals surface area contributed by atoms with Crippen LogP contribution in [0, 0.1) is 0 Å². The fourth-order valence-corrected chi connectivity index (χ4v) is 1.82. The maximum absolute atomic E-state index is 11.9. The van der Waals surface area contributed by atoms with Crippen LogP contribution >= 0.6 is 0 Å². The molecule has 0 spiro atoms. The zero-order valence-corrected chi connectivity index (χ0v) is 11.9. The molecule has 0 aliphatic heterocycles. The number of rotatable bonds is 7. The zero-order valence-electron chi connectivity index (χ0n) is 11.9. The highest BCUT2D eigenvalue weighted by atomic mass is 16.5. The molecule has 0 bridgehead atoms. The maximum atomic E-state index is 11.9. The third kappa shape index (κ3) is 5.75. The predicted octanol–water partition coefficient (Wildman–Crippen LogP) is 1.90. The summed E-state index contributed by atoms with van der Waals surface area (Å²) < 4.78 is 5.35. The Bertz CT molecular complexity index is 398. The molecule has 0 fully saturated rings. The largest absolute Gasteiger partial charge is 0.494 e. The summed E-state index contributed by atoms with van der Waals surface area (Å²) in [4.78, 5) is 11.9. The van der Waals surface area contributed by atoms with Crippen molar-refractivity contribution in [2.24, 2.45) is 0 Å². The van der Waals surface area contributed by atoms with Crippen molar-refractivity contribution in [3.8, 4) is 5.75 Å². The first-order valence-electron chi connectivity index (χ1n) is 6.60. The van der Waals surface area contributed by atoms with E-state index < -0.39 is 0 Å². The second-order valence-corrected chi connectivity index (χ2v) is 5.16. The first-order valence-corrected chi connectivity index (χ1v) is 6.60. The minimum absolute atomic E-state index is 0.0393. The molecule has 1 aromatic carbocycles.